The highest BCUT2D eigenvalue weighted by Crippen LogP contribution is 2.28. The van der Waals surface area contributed by atoms with Crippen LogP contribution in [0.4, 0.5) is 10.1 Å². The third-order valence-corrected chi connectivity index (χ3v) is 6.00. The molecule has 1 atom stereocenters. The Morgan fingerprint density at radius 3 is 2.33 bits per heavy atom. The Labute approximate surface area is 194 Å². The quantitative estimate of drug-likeness (QED) is 0.486. The average Bonchev–Trinajstić information content (AvgIpc) is 2.87. The van der Waals surface area contributed by atoms with Crippen molar-refractivity contribution in [3.8, 4) is 17.6 Å². The Bertz CT molecular complexity index is 1070. The first kappa shape index (κ1) is 22.6. The number of benzene rings is 3. The molecule has 4 rings (SSSR count). The number of hydrogen-bond acceptors (Lipinski definition) is 5. The highest BCUT2D eigenvalue weighted by Gasteiger charge is 2.20. The molecule has 1 fully saturated rings. The van der Waals surface area contributed by atoms with E-state index in [1.165, 1.54) is 12.1 Å². The van der Waals surface area contributed by atoms with Crippen molar-refractivity contribution in [2.24, 2.45) is 0 Å². The second kappa shape index (κ2) is 10.8. The van der Waals surface area contributed by atoms with E-state index in [9.17, 15) is 9.65 Å². The first-order chi connectivity index (χ1) is 16.1. The monoisotopic (exact) mass is 445 g/mol. The molecule has 170 valence electrons. The van der Waals surface area contributed by atoms with Crippen LogP contribution < -0.4 is 14.4 Å². The fourth-order valence-corrected chi connectivity index (χ4v) is 4.10. The van der Waals surface area contributed by atoms with Crippen LogP contribution in [0.5, 0.6) is 11.5 Å². The first-order valence-electron chi connectivity index (χ1n) is 11.2. The molecular formula is C27H28FN3O2. The van der Waals surface area contributed by atoms with Gasteiger partial charge in [-0.25, -0.2) is 4.39 Å². The molecule has 1 aliphatic rings. The summed E-state index contributed by atoms with van der Waals surface area (Å²) in [5.41, 5.74) is 2.72. The third-order valence-electron chi connectivity index (χ3n) is 6.00. The van der Waals surface area contributed by atoms with Gasteiger partial charge in [0.2, 0.25) is 0 Å². The molecule has 0 bridgehead atoms. The van der Waals surface area contributed by atoms with Crippen LogP contribution >= 0.6 is 0 Å². The number of anilines is 1. The van der Waals surface area contributed by atoms with Gasteiger partial charge in [-0.3, -0.25) is 4.90 Å². The molecule has 3 aromatic carbocycles. The number of ether oxygens (including phenoxy) is 2. The van der Waals surface area contributed by atoms with Crippen molar-refractivity contribution in [2.75, 3.05) is 44.7 Å². The van der Waals surface area contributed by atoms with Crippen molar-refractivity contribution in [3.63, 3.8) is 0 Å². The van der Waals surface area contributed by atoms with Gasteiger partial charge in [-0.1, -0.05) is 18.2 Å². The van der Waals surface area contributed by atoms with Crippen LogP contribution in [0.2, 0.25) is 0 Å². The molecule has 0 spiro atoms. The van der Waals surface area contributed by atoms with Crippen LogP contribution in [-0.2, 0) is 0 Å². The van der Waals surface area contributed by atoms with Gasteiger partial charge in [-0.05, 0) is 60.2 Å². The van der Waals surface area contributed by atoms with Crippen molar-refractivity contribution in [1.82, 2.24) is 4.90 Å². The number of hydrogen-bond donors (Lipinski definition) is 0. The number of halogens is 1. The number of nitrogens with zero attached hydrogens (tertiary/aromatic N) is 3. The van der Waals surface area contributed by atoms with Crippen LogP contribution in [0.15, 0.2) is 72.8 Å². The van der Waals surface area contributed by atoms with Gasteiger partial charge in [0.15, 0.2) is 0 Å². The number of nitriles is 1. The molecule has 1 unspecified atom stereocenters. The second-order valence-corrected chi connectivity index (χ2v) is 8.11. The SMILES string of the molecule is COc1ccc(C(CCN2CCN(c3ccc(F)cc3)CC2)Oc2cccc(C#N)c2)cc1. The van der Waals surface area contributed by atoms with Crippen molar-refractivity contribution < 1.29 is 13.9 Å². The number of rotatable bonds is 8. The fraction of sp³-hybridized carbons (Fsp3) is 0.296. The summed E-state index contributed by atoms with van der Waals surface area (Å²) in [5, 5.41) is 9.21. The van der Waals surface area contributed by atoms with Gasteiger partial charge < -0.3 is 14.4 Å². The van der Waals surface area contributed by atoms with E-state index in [1.54, 1.807) is 19.2 Å². The Morgan fingerprint density at radius 2 is 1.67 bits per heavy atom. The molecule has 1 saturated heterocycles. The largest absolute Gasteiger partial charge is 0.497 e. The van der Waals surface area contributed by atoms with E-state index < -0.39 is 0 Å². The minimum Gasteiger partial charge on any atom is -0.497 e. The minimum atomic E-state index is -0.206. The molecule has 0 aliphatic carbocycles. The summed E-state index contributed by atoms with van der Waals surface area (Å²) in [6.45, 7) is 4.59. The van der Waals surface area contributed by atoms with E-state index >= 15 is 0 Å². The van der Waals surface area contributed by atoms with E-state index in [4.69, 9.17) is 9.47 Å². The lowest BCUT2D eigenvalue weighted by molar-refractivity contribution is 0.160. The molecule has 6 heteroatoms. The zero-order chi connectivity index (χ0) is 23.0. The van der Waals surface area contributed by atoms with Crippen LogP contribution in [-0.4, -0.2) is 44.7 Å². The van der Waals surface area contributed by atoms with E-state index in [0.717, 1.165) is 56.1 Å². The number of methoxy groups -OCH3 is 1. The van der Waals surface area contributed by atoms with Crippen molar-refractivity contribution >= 4 is 5.69 Å². The van der Waals surface area contributed by atoms with Gasteiger partial charge in [-0.15, -0.1) is 0 Å². The lowest BCUT2D eigenvalue weighted by Gasteiger charge is -2.36. The average molecular weight is 446 g/mol. The van der Waals surface area contributed by atoms with Crippen molar-refractivity contribution in [1.29, 1.82) is 5.26 Å². The van der Waals surface area contributed by atoms with Crippen molar-refractivity contribution in [2.45, 2.75) is 12.5 Å². The number of piperazine rings is 1. The fourth-order valence-electron chi connectivity index (χ4n) is 4.10. The Hall–Kier alpha value is -3.56. The van der Waals surface area contributed by atoms with Gasteiger partial charge in [0.1, 0.15) is 23.4 Å². The molecule has 0 saturated carbocycles. The molecule has 0 radical (unpaired) electrons. The third kappa shape index (κ3) is 6.03. The molecule has 0 N–H and O–H groups in total. The summed E-state index contributed by atoms with van der Waals surface area (Å²) in [6, 6.07) is 24.1. The van der Waals surface area contributed by atoms with Gasteiger partial charge >= 0.3 is 0 Å². The van der Waals surface area contributed by atoms with E-state index in [-0.39, 0.29) is 11.9 Å². The molecule has 5 nitrogen and oxygen atoms in total. The summed E-state index contributed by atoms with van der Waals surface area (Å²) < 4.78 is 24.9. The van der Waals surface area contributed by atoms with Gasteiger partial charge in [0.25, 0.3) is 0 Å². The summed E-state index contributed by atoms with van der Waals surface area (Å²) in [5.74, 6) is 1.29. The summed E-state index contributed by atoms with van der Waals surface area (Å²) in [7, 11) is 1.65. The van der Waals surface area contributed by atoms with Gasteiger partial charge in [-0.2, -0.15) is 5.26 Å². The maximum Gasteiger partial charge on any atom is 0.125 e. The zero-order valence-corrected chi connectivity index (χ0v) is 18.8. The maximum absolute atomic E-state index is 13.2. The highest BCUT2D eigenvalue weighted by molar-refractivity contribution is 5.46. The topological polar surface area (TPSA) is 48.7 Å². The Kier molecular flexibility index (Phi) is 7.43. The lowest BCUT2D eigenvalue weighted by atomic mass is 10.1. The van der Waals surface area contributed by atoms with Crippen LogP contribution in [0.1, 0.15) is 23.7 Å². The predicted molar refractivity (Wildman–Crippen MR) is 127 cm³/mol. The molecule has 1 heterocycles. The molecule has 3 aromatic rings. The highest BCUT2D eigenvalue weighted by atomic mass is 19.1. The van der Waals surface area contributed by atoms with E-state index in [2.05, 4.69) is 15.9 Å². The summed E-state index contributed by atoms with van der Waals surface area (Å²) >= 11 is 0. The van der Waals surface area contributed by atoms with Crippen LogP contribution in [0, 0.1) is 17.1 Å². The van der Waals surface area contributed by atoms with Crippen LogP contribution in [0.25, 0.3) is 0 Å². The molecule has 0 aromatic heterocycles. The smallest absolute Gasteiger partial charge is 0.125 e. The van der Waals surface area contributed by atoms with Crippen LogP contribution in [0.3, 0.4) is 0 Å². The second-order valence-electron chi connectivity index (χ2n) is 8.11. The van der Waals surface area contributed by atoms with Gasteiger partial charge in [0, 0.05) is 44.8 Å². The predicted octanol–water partition coefficient (Wildman–Crippen LogP) is 5.04. The molecule has 1 aliphatic heterocycles. The first-order valence-corrected chi connectivity index (χ1v) is 11.2. The van der Waals surface area contributed by atoms with E-state index in [1.807, 2.05) is 48.5 Å². The molecule has 33 heavy (non-hydrogen) atoms. The Balaban J connectivity index is 1.39. The van der Waals surface area contributed by atoms with Gasteiger partial charge in [0.05, 0.1) is 18.7 Å². The van der Waals surface area contributed by atoms with Crippen molar-refractivity contribution in [3.05, 3.63) is 89.7 Å². The zero-order valence-electron chi connectivity index (χ0n) is 18.8. The summed E-state index contributed by atoms with van der Waals surface area (Å²) in [4.78, 5) is 4.73. The molecule has 0 amide bonds. The summed E-state index contributed by atoms with van der Waals surface area (Å²) in [6.07, 6.45) is 0.680. The van der Waals surface area contributed by atoms with E-state index in [0.29, 0.717) is 11.3 Å². The Morgan fingerprint density at radius 1 is 0.939 bits per heavy atom. The normalized spacial score (nSPS) is 15.0. The minimum absolute atomic E-state index is 0.139. The molecular weight excluding hydrogens is 417 g/mol. The lowest BCUT2D eigenvalue weighted by Crippen LogP contribution is -2.46. The maximum atomic E-state index is 13.2. The standard InChI is InChI=1S/C27H28FN3O2/c1-32-25-11-5-22(6-12-25)27(33-26-4-2-3-21(19-26)20-29)13-14-30-15-17-31(18-16-30)24-9-7-23(28)8-10-24/h2-12,19,27H,13-18H2,1H3.